The second-order valence-corrected chi connectivity index (χ2v) is 5.20. The molecule has 0 aliphatic heterocycles. The lowest BCUT2D eigenvalue weighted by atomic mass is 10.0. The molecule has 3 heteroatoms. The van der Waals surface area contributed by atoms with Crippen LogP contribution >= 0.6 is 0 Å². The summed E-state index contributed by atoms with van der Waals surface area (Å²) in [5, 5.41) is 0. The Morgan fingerprint density at radius 3 is 2.42 bits per heavy atom. The Morgan fingerprint density at radius 1 is 1.21 bits per heavy atom. The monoisotopic (exact) mass is 264 g/mol. The summed E-state index contributed by atoms with van der Waals surface area (Å²) in [5.41, 5.74) is 7.23. The molecule has 3 nitrogen and oxygen atoms in total. The molecule has 0 aromatic heterocycles. The van der Waals surface area contributed by atoms with Gasteiger partial charge in [0.25, 0.3) is 0 Å². The Bertz CT molecular complexity index is 366. The van der Waals surface area contributed by atoms with Gasteiger partial charge in [-0.1, -0.05) is 39.0 Å². The third-order valence-corrected chi connectivity index (χ3v) is 3.25. The van der Waals surface area contributed by atoms with Crippen LogP contribution in [0.15, 0.2) is 24.3 Å². The summed E-state index contributed by atoms with van der Waals surface area (Å²) in [6.45, 7) is 12.0. The van der Waals surface area contributed by atoms with Crippen molar-refractivity contribution in [3.05, 3.63) is 29.8 Å². The van der Waals surface area contributed by atoms with Gasteiger partial charge in [-0.3, -0.25) is 4.90 Å². The fourth-order valence-electron chi connectivity index (χ4n) is 2.46. The van der Waals surface area contributed by atoms with Crippen molar-refractivity contribution in [2.24, 2.45) is 11.7 Å². The lowest BCUT2D eigenvalue weighted by Gasteiger charge is -2.32. The molecule has 0 heterocycles. The maximum Gasteiger partial charge on any atom is 0.124 e. The molecular weight excluding hydrogens is 236 g/mol. The van der Waals surface area contributed by atoms with Gasteiger partial charge in [-0.2, -0.15) is 0 Å². The van der Waals surface area contributed by atoms with Gasteiger partial charge in [-0.25, -0.2) is 0 Å². The average Bonchev–Trinajstić information content (AvgIpc) is 2.40. The average molecular weight is 264 g/mol. The number of hydrogen-bond donors (Lipinski definition) is 1. The zero-order valence-electron chi connectivity index (χ0n) is 12.7. The normalized spacial score (nSPS) is 13.0. The molecule has 0 spiro atoms. The minimum absolute atomic E-state index is 0.232. The quantitative estimate of drug-likeness (QED) is 0.784. The summed E-state index contributed by atoms with van der Waals surface area (Å²) in [4.78, 5) is 2.43. The Kier molecular flexibility index (Phi) is 6.89. The van der Waals surface area contributed by atoms with Gasteiger partial charge in [-0.15, -0.1) is 0 Å². The predicted molar refractivity (Wildman–Crippen MR) is 81.5 cm³/mol. The lowest BCUT2D eigenvalue weighted by Crippen LogP contribution is -2.36. The molecule has 1 aromatic rings. The number of para-hydroxylation sites is 1. The maximum absolute atomic E-state index is 6.02. The standard InChI is InChI=1S/C16H28N2O/c1-5-18(12-13(3)4)15(11-17)14-9-7-8-10-16(14)19-6-2/h7-10,13,15H,5-6,11-12,17H2,1-4H3. The molecule has 108 valence electrons. The van der Waals surface area contributed by atoms with Crippen LogP contribution in [0.25, 0.3) is 0 Å². The fourth-order valence-corrected chi connectivity index (χ4v) is 2.46. The molecule has 1 rings (SSSR count). The second kappa shape index (κ2) is 8.18. The number of benzene rings is 1. The van der Waals surface area contributed by atoms with Gasteiger partial charge in [-0.05, 0) is 25.5 Å². The summed E-state index contributed by atoms with van der Waals surface area (Å²) in [6, 6.07) is 8.47. The molecule has 0 saturated carbocycles. The Balaban J connectivity index is 3.00. The van der Waals surface area contributed by atoms with Crippen molar-refractivity contribution in [3.8, 4) is 5.75 Å². The van der Waals surface area contributed by atoms with Crippen LogP contribution in [-0.2, 0) is 0 Å². The molecule has 1 unspecified atom stereocenters. The molecule has 0 aliphatic carbocycles. The summed E-state index contributed by atoms with van der Waals surface area (Å²) in [5.74, 6) is 1.59. The Labute approximate surface area is 117 Å². The Hall–Kier alpha value is -1.06. The molecule has 0 fully saturated rings. The van der Waals surface area contributed by atoms with Gasteiger partial charge in [0.2, 0.25) is 0 Å². The first-order chi connectivity index (χ1) is 9.13. The van der Waals surface area contributed by atoms with E-state index in [1.54, 1.807) is 0 Å². The number of ether oxygens (including phenoxy) is 1. The van der Waals surface area contributed by atoms with Crippen molar-refractivity contribution < 1.29 is 4.74 Å². The van der Waals surface area contributed by atoms with Crippen molar-refractivity contribution in [2.75, 3.05) is 26.2 Å². The van der Waals surface area contributed by atoms with E-state index >= 15 is 0 Å². The smallest absolute Gasteiger partial charge is 0.124 e. The highest BCUT2D eigenvalue weighted by Crippen LogP contribution is 2.29. The van der Waals surface area contributed by atoms with E-state index in [0.29, 0.717) is 19.1 Å². The number of nitrogens with zero attached hydrogens (tertiary/aromatic N) is 1. The molecule has 0 saturated heterocycles. The van der Waals surface area contributed by atoms with E-state index in [4.69, 9.17) is 10.5 Å². The van der Waals surface area contributed by atoms with Crippen molar-refractivity contribution >= 4 is 0 Å². The van der Waals surface area contributed by atoms with E-state index in [0.717, 1.165) is 18.8 Å². The van der Waals surface area contributed by atoms with Gasteiger partial charge in [0.1, 0.15) is 5.75 Å². The first-order valence-corrected chi connectivity index (χ1v) is 7.29. The fraction of sp³-hybridized carbons (Fsp3) is 0.625. The molecule has 0 bridgehead atoms. The summed E-state index contributed by atoms with van der Waals surface area (Å²) in [7, 11) is 0. The number of likely N-dealkylation sites (N-methyl/N-ethyl adjacent to an activating group) is 1. The summed E-state index contributed by atoms with van der Waals surface area (Å²) >= 11 is 0. The van der Waals surface area contributed by atoms with Crippen molar-refractivity contribution in [1.29, 1.82) is 0 Å². The zero-order valence-corrected chi connectivity index (χ0v) is 12.7. The van der Waals surface area contributed by atoms with Gasteiger partial charge in [0.05, 0.1) is 12.6 Å². The van der Waals surface area contributed by atoms with E-state index in [9.17, 15) is 0 Å². The molecule has 0 amide bonds. The topological polar surface area (TPSA) is 38.5 Å². The van der Waals surface area contributed by atoms with Crippen LogP contribution in [-0.4, -0.2) is 31.1 Å². The minimum Gasteiger partial charge on any atom is -0.494 e. The minimum atomic E-state index is 0.232. The van der Waals surface area contributed by atoms with Crippen LogP contribution in [0.2, 0.25) is 0 Å². The van der Waals surface area contributed by atoms with Gasteiger partial charge < -0.3 is 10.5 Å². The first-order valence-electron chi connectivity index (χ1n) is 7.29. The predicted octanol–water partition coefficient (Wildman–Crippen LogP) is 3.06. The third-order valence-electron chi connectivity index (χ3n) is 3.25. The number of hydrogen-bond acceptors (Lipinski definition) is 3. The Morgan fingerprint density at radius 2 is 1.89 bits per heavy atom. The van der Waals surface area contributed by atoms with E-state index < -0.39 is 0 Å². The van der Waals surface area contributed by atoms with Gasteiger partial charge in [0.15, 0.2) is 0 Å². The van der Waals surface area contributed by atoms with E-state index in [1.165, 1.54) is 5.56 Å². The van der Waals surface area contributed by atoms with Crippen LogP contribution in [0, 0.1) is 5.92 Å². The number of nitrogens with two attached hydrogens (primary N) is 1. The highest BCUT2D eigenvalue weighted by atomic mass is 16.5. The maximum atomic E-state index is 6.02. The van der Waals surface area contributed by atoms with E-state index in [1.807, 2.05) is 19.1 Å². The largest absolute Gasteiger partial charge is 0.494 e. The number of rotatable bonds is 8. The zero-order chi connectivity index (χ0) is 14.3. The van der Waals surface area contributed by atoms with Crippen molar-refractivity contribution in [1.82, 2.24) is 4.90 Å². The molecular formula is C16H28N2O. The third kappa shape index (κ3) is 4.51. The molecule has 19 heavy (non-hydrogen) atoms. The molecule has 0 aliphatic rings. The van der Waals surface area contributed by atoms with Gasteiger partial charge >= 0.3 is 0 Å². The molecule has 0 radical (unpaired) electrons. The van der Waals surface area contributed by atoms with Gasteiger partial charge in [0, 0.05) is 18.7 Å². The summed E-state index contributed by atoms with van der Waals surface area (Å²) < 4.78 is 5.74. The van der Waals surface area contributed by atoms with Crippen LogP contribution in [0.5, 0.6) is 5.75 Å². The summed E-state index contributed by atoms with van der Waals surface area (Å²) in [6.07, 6.45) is 0. The first kappa shape index (κ1) is 16.0. The highest BCUT2D eigenvalue weighted by Gasteiger charge is 2.21. The van der Waals surface area contributed by atoms with Crippen molar-refractivity contribution in [3.63, 3.8) is 0 Å². The highest BCUT2D eigenvalue weighted by molar-refractivity contribution is 5.36. The molecule has 1 atom stereocenters. The van der Waals surface area contributed by atoms with E-state index in [-0.39, 0.29) is 6.04 Å². The van der Waals surface area contributed by atoms with Crippen LogP contribution < -0.4 is 10.5 Å². The van der Waals surface area contributed by atoms with Crippen molar-refractivity contribution in [2.45, 2.75) is 33.7 Å². The van der Waals surface area contributed by atoms with E-state index in [2.05, 4.69) is 37.8 Å². The molecule has 2 N–H and O–H groups in total. The second-order valence-electron chi connectivity index (χ2n) is 5.20. The van der Waals surface area contributed by atoms with Crippen LogP contribution in [0.1, 0.15) is 39.3 Å². The SMILES string of the molecule is CCOc1ccccc1C(CN)N(CC)CC(C)C. The molecule has 1 aromatic carbocycles. The lowest BCUT2D eigenvalue weighted by molar-refractivity contribution is 0.184. The van der Waals surface area contributed by atoms with Crippen LogP contribution in [0.4, 0.5) is 0 Å². The van der Waals surface area contributed by atoms with Crippen LogP contribution in [0.3, 0.4) is 0 Å².